The van der Waals surface area contributed by atoms with Crippen LogP contribution in [0, 0.1) is 0 Å². The Morgan fingerprint density at radius 1 is 0.750 bits per heavy atom. The Morgan fingerprint density at radius 2 is 1.12 bits per heavy atom. The first-order chi connectivity index (χ1) is 19.3. The second-order valence-electron chi connectivity index (χ2n) is 8.34. The maximum atomic E-state index is 9.55. The monoisotopic (exact) mass is 588 g/mol. The standard InChI is InChI=1S/2C12H16N2OS.C4H4O4/c2*13-12-14-11(7-9-16-12)15-8-6-10-4-2-1-3-5-10;5-3(6)1-2-4(7)8/h2*1-5,11H,6-9H2,(H2,13,14);1-2H,(H,5,6)(H,7,8). The predicted molar refractivity (Wildman–Crippen MR) is 162 cm³/mol. The molecule has 0 fully saturated rings. The van der Waals surface area contributed by atoms with Gasteiger partial charge in [0, 0.05) is 36.5 Å². The summed E-state index contributed by atoms with van der Waals surface area (Å²) in [5, 5.41) is 16.9. The van der Waals surface area contributed by atoms with E-state index in [-0.39, 0.29) is 12.5 Å². The normalized spacial score (nSPS) is 18.3. The van der Waals surface area contributed by atoms with Crippen molar-refractivity contribution in [2.45, 2.75) is 38.1 Å². The molecule has 2 aliphatic rings. The van der Waals surface area contributed by atoms with Crippen LogP contribution in [0.15, 0.2) is 82.8 Å². The van der Waals surface area contributed by atoms with Crippen molar-refractivity contribution in [1.29, 1.82) is 0 Å². The van der Waals surface area contributed by atoms with E-state index in [0.717, 1.165) is 37.2 Å². The Balaban J connectivity index is 0.000000224. The maximum Gasteiger partial charge on any atom is 0.328 e. The van der Waals surface area contributed by atoms with Gasteiger partial charge >= 0.3 is 11.9 Å². The number of aliphatic imine (C=N–C) groups is 2. The zero-order valence-corrected chi connectivity index (χ0v) is 23.8. The van der Waals surface area contributed by atoms with Gasteiger partial charge in [-0.25, -0.2) is 19.6 Å². The smallest absolute Gasteiger partial charge is 0.328 e. The van der Waals surface area contributed by atoms with E-state index in [2.05, 4.69) is 34.3 Å². The first-order valence-corrected chi connectivity index (χ1v) is 14.7. The molecule has 0 saturated carbocycles. The highest BCUT2D eigenvalue weighted by Crippen LogP contribution is 2.17. The molecule has 216 valence electrons. The topological polar surface area (TPSA) is 170 Å². The average molecular weight is 589 g/mol. The summed E-state index contributed by atoms with van der Waals surface area (Å²) in [4.78, 5) is 27.6. The van der Waals surface area contributed by atoms with Crippen LogP contribution in [0.5, 0.6) is 0 Å². The minimum Gasteiger partial charge on any atom is -0.478 e. The molecule has 2 heterocycles. The van der Waals surface area contributed by atoms with Crippen molar-refractivity contribution < 1.29 is 29.3 Å². The van der Waals surface area contributed by atoms with Gasteiger partial charge in [-0.1, -0.05) is 84.2 Å². The molecular formula is C28H36N4O6S2. The molecule has 10 nitrogen and oxygen atoms in total. The summed E-state index contributed by atoms with van der Waals surface area (Å²) >= 11 is 3.20. The molecule has 2 unspecified atom stereocenters. The maximum absolute atomic E-state index is 9.55. The lowest BCUT2D eigenvalue weighted by molar-refractivity contribution is -0.134. The molecule has 2 aliphatic heterocycles. The van der Waals surface area contributed by atoms with E-state index in [9.17, 15) is 9.59 Å². The molecule has 0 amide bonds. The van der Waals surface area contributed by atoms with Crippen LogP contribution in [0.4, 0.5) is 0 Å². The minimum atomic E-state index is -1.26. The number of carbonyl (C=O) groups is 2. The molecule has 2 atom stereocenters. The fraction of sp³-hybridized carbons (Fsp3) is 0.357. The summed E-state index contributed by atoms with van der Waals surface area (Å²) in [5.74, 6) is -0.503. The van der Waals surface area contributed by atoms with E-state index in [1.165, 1.54) is 11.1 Å². The predicted octanol–water partition coefficient (Wildman–Crippen LogP) is 3.76. The third-order valence-corrected chi connectivity index (χ3v) is 6.91. The number of rotatable bonds is 10. The van der Waals surface area contributed by atoms with Gasteiger partial charge in [-0.05, 0) is 24.0 Å². The van der Waals surface area contributed by atoms with Crippen LogP contribution in [0.25, 0.3) is 0 Å². The molecule has 40 heavy (non-hydrogen) atoms. The van der Waals surface area contributed by atoms with Gasteiger partial charge in [-0.3, -0.25) is 0 Å². The van der Waals surface area contributed by atoms with Crippen LogP contribution in [0.2, 0.25) is 0 Å². The van der Waals surface area contributed by atoms with Gasteiger partial charge in [0.1, 0.15) is 0 Å². The molecule has 12 heteroatoms. The minimum absolute atomic E-state index is 0.0371. The number of nitrogens with zero attached hydrogens (tertiary/aromatic N) is 2. The summed E-state index contributed by atoms with van der Waals surface area (Å²) in [6, 6.07) is 20.7. The summed E-state index contributed by atoms with van der Waals surface area (Å²) in [6.45, 7) is 1.41. The summed E-state index contributed by atoms with van der Waals surface area (Å²) < 4.78 is 11.4. The number of carboxylic acid groups (broad SMARTS) is 2. The molecule has 0 spiro atoms. The second kappa shape index (κ2) is 19.7. The highest BCUT2D eigenvalue weighted by Gasteiger charge is 2.14. The first-order valence-electron chi connectivity index (χ1n) is 12.7. The number of ether oxygens (including phenoxy) is 2. The van der Waals surface area contributed by atoms with Crippen molar-refractivity contribution in [1.82, 2.24) is 0 Å². The van der Waals surface area contributed by atoms with Crippen molar-refractivity contribution in [2.75, 3.05) is 24.7 Å². The molecule has 0 aliphatic carbocycles. The van der Waals surface area contributed by atoms with Crippen LogP contribution >= 0.6 is 23.5 Å². The van der Waals surface area contributed by atoms with Crippen LogP contribution in [0.1, 0.15) is 24.0 Å². The van der Waals surface area contributed by atoms with E-state index in [1.807, 2.05) is 36.4 Å². The number of aliphatic carboxylic acids is 2. The Bertz CT molecular complexity index is 1030. The van der Waals surface area contributed by atoms with Crippen LogP contribution in [0.3, 0.4) is 0 Å². The van der Waals surface area contributed by atoms with Crippen LogP contribution in [-0.2, 0) is 31.9 Å². The Kier molecular flexibility index (Phi) is 16.2. The number of amidine groups is 2. The number of carboxylic acids is 2. The number of benzene rings is 2. The van der Waals surface area contributed by atoms with Gasteiger partial charge in [-0.15, -0.1) is 0 Å². The molecule has 0 radical (unpaired) electrons. The van der Waals surface area contributed by atoms with Crippen LogP contribution in [-0.4, -0.2) is 69.7 Å². The van der Waals surface area contributed by atoms with Gasteiger partial charge < -0.3 is 31.2 Å². The lowest BCUT2D eigenvalue weighted by atomic mass is 10.2. The van der Waals surface area contributed by atoms with E-state index in [1.54, 1.807) is 23.5 Å². The Labute approximate surface area is 242 Å². The quantitative estimate of drug-likeness (QED) is 0.300. The van der Waals surface area contributed by atoms with Gasteiger partial charge in [-0.2, -0.15) is 0 Å². The van der Waals surface area contributed by atoms with Crippen LogP contribution < -0.4 is 11.5 Å². The summed E-state index contributed by atoms with van der Waals surface area (Å²) in [5.41, 5.74) is 13.9. The van der Waals surface area contributed by atoms with Crippen molar-refractivity contribution in [3.63, 3.8) is 0 Å². The van der Waals surface area contributed by atoms with Crippen molar-refractivity contribution in [3.05, 3.63) is 83.9 Å². The van der Waals surface area contributed by atoms with Gasteiger partial charge in [0.15, 0.2) is 22.8 Å². The Hall–Kier alpha value is -3.32. The molecule has 0 aromatic heterocycles. The van der Waals surface area contributed by atoms with E-state index in [4.69, 9.17) is 31.2 Å². The largest absolute Gasteiger partial charge is 0.478 e. The lowest BCUT2D eigenvalue weighted by Gasteiger charge is -2.18. The van der Waals surface area contributed by atoms with Crippen molar-refractivity contribution >= 4 is 45.8 Å². The molecular weight excluding hydrogens is 552 g/mol. The second-order valence-corrected chi connectivity index (χ2v) is 10.6. The van der Waals surface area contributed by atoms with Crippen molar-refractivity contribution in [2.24, 2.45) is 21.5 Å². The summed E-state index contributed by atoms with van der Waals surface area (Å²) in [7, 11) is 0. The van der Waals surface area contributed by atoms with E-state index in [0.29, 0.717) is 35.7 Å². The van der Waals surface area contributed by atoms with Crippen molar-refractivity contribution in [3.8, 4) is 0 Å². The van der Waals surface area contributed by atoms with Gasteiger partial charge in [0.2, 0.25) is 0 Å². The first kappa shape index (κ1) is 32.9. The van der Waals surface area contributed by atoms with Gasteiger partial charge in [0.25, 0.3) is 0 Å². The molecule has 0 saturated heterocycles. The van der Waals surface area contributed by atoms with E-state index >= 15 is 0 Å². The highest BCUT2D eigenvalue weighted by atomic mass is 32.2. The number of nitrogens with two attached hydrogens (primary N) is 2. The molecule has 0 bridgehead atoms. The highest BCUT2D eigenvalue weighted by molar-refractivity contribution is 8.14. The average Bonchev–Trinajstić information content (AvgIpc) is 2.94. The molecule has 2 aromatic rings. The zero-order valence-electron chi connectivity index (χ0n) is 22.1. The molecule has 2 aromatic carbocycles. The summed E-state index contributed by atoms with van der Waals surface area (Å²) in [6.07, 6.45) is 4.82. The Morgan fingerprint density at radius 3 is 1.45 bits per heavy atom. The third-order valence-electron chi connectivity index (χ3n) is 5.23. The number of hydrogen-bond acceptors (Lipinski definition) is 10. The SMILES string of the molecule is NC1=NC(OCCc2ccccc2)CCS1.NC1=NC(OCCc2ccccc2)CCS1.O=C(O)C=CC(=O)O. The molecule has 6 N–H and O–H groups in total. The number of hydrogen-bond donors (Lipinski definition) is 4. The van der Waals surface area contributed by atoms with E-state index < -0.39 is 11.9 Å². The zero-order chi connectivity index (χ0) is 29.0. The number of thioether (sulfide) groups is 2. The molecule has 4 rings (SSSR count). The van der Waals surface area contributed by atoms with Gasteiger partial charge in [0.05, 0.1) is 13.2 Å². The lowest BCUT2D eigenvalue weighted by Crippen LogP contribution is -2.23. The third kappa shape index (κ3) is 15.9. The fourth-order valence-corrected chi connectivity index (χ4v) is 4.76. The fourth-order valence-electron chi connectivity index (χ4n) is 3.31.